The van der Waals surface area contributed by atoms with Crippen LogP contribution < -0.4 is 0 Å². The number of hydrogen-bond donors (Lipinski definition) is 0. The standard InChI is InChI=1S/C15H23ClO4/c1-8-4-5-11-9(2)12(16)17-13-15(11)10(8)6-7-14(3,18-13)19-20-15/h8-13H,4-7H2,1-3H3/t8-,9-,10?,11+,12?,13-,14?,15-/m1/s1. The molecule has 2 bridgehead atoms. The van der Waals surface area contributed by atoms with Crippen LogP contribution in [0.4, 0.5) is 0 Å². The largest absolute Gasteiger partial charge is 0.330 e. The average molecular weight is 303 g/mol. The van der Waals surface area contributed by atoms with Crippen LogP contribution >= 0.6 is 11.6 Å². The van der Waals surface area contributed by atoms with Crippen molar-refractivity contribution in [1.82, 2.24) is 0 Å². The average Bonchev–Trinajstić information content (AvgIpc) is 2.63. The third kappa shape index (κ3) is 1.63. The first-order valence-electron chi connectivity index (χ1n) is 7.80. The lowest BCUT2D eigenvalue weighted by Gasteiger charge is -2.59. The number of rotatable bonds is 0. The summed E-state index contributed by atoms with van der Waals surface area (Å²) in [7, 11) is 0. The Morgan fingerprint density at radius 2 is 1.85 bits per heavy atom. The Kier molecular flexibility index (Phi) is 2.98. The lowest BCUT2D eigenvalue weighted by molar-refractivity contribution is -0.568. The second kappa shape index (κ2) is 4.32. The molecule has 0 aromatic rings. The van der Waals surface area contributed by atoms with Gasteiger partial charge in [-0.2, -0.15) is 0 Å². The normalized spacial score (nSPS) is 61.8. The minimum absolute atomic E-state index is 0.248. The number of halogens is 1. The number of alkyl halides is 1. The maximum atomic E-state index is 6.40. The third-order valence-electron chi connectivity index (χ3n) is 6.08. The van der Waals surface area contributed by atoms with Gasteiger partial charge >= 0.3 is 0 Å². The molecule has 114 valence electrons. The molecule has 0 amide bonds. The summed E-state index contributed by atoms with van der Waals surface area (Å²) in [5, 5.41) is 0. The van der Waals surface area contributed by atoms with Gasteiger partial charge in [0.2, 0.25) is 5.79 Å². The van der Waals surface area contributed by atoms with Crippen LogP contribution in [0.25, 0.3) is 0 Å². The SMILES string of the molecule is C[C@@H]1CC[C@H]2[C@@H](C)C(Cl)O[C@@H]3OC4(C)CCC1[C@]32OO4. The summed E-state index contributed by atoms with van der Waals surface area (Å²) in [5.41, 5.74) is -0.783. The fourth-order valence-electron chi connectivity index (χ4n) is 4.86. The van der Waals surface area contributed by atoms with Crippen molar-refractivity contribution < 1.29 is 19.2 Å². The van der Waals surface area contributed by atoms with E-state index in [0.717, 1.165) is 19.3 Å². The fourth-order valence-corrected chi connectivity index (χ4v) is 5.13. The number of hydrogen-bond acceptors (Lipinski definition) is 4. The van der Waals surface area contributed by atoms with E-state index < -0.39 is 17.7 Å². The molecular weight excluding hydrogens is 280 g/mol. The smallest absolute Gasteiger partial charge is 0.201 e. The monoisotopic (exact) mass is 302 g/mol. The van der Waals surface area contributed by atoms with E-state index >= 15 is 0 Å². The molecule has 8 atom stereocenters. The quantitative estimate of drug-likeness (QED) is 0.507. The van der Waals surface area contributed by atoms with Gasteiger partial charge in [-0.25, -0.2) is 9.78 Å². The van der Waals surface area contributed by atoms with Crippen LogP contribution in [0, 0.1) is 23.7 Å². The molecule has 4 saturated heterocycles. The molecule has 0 aromatic carbocycles. The summed E-state index contributed by atoms with van der Waals surface area (Å²) in [6.45, 7) is 6.40. The molecule has 5 aliphatic rings. The highest BCUT2D eigenvalue weighted by atomic mass is 35.5. The molecule has 5 fully saturated rings. The molecule has 5 rings (SSSR count). The summed E-state index contributed by atoms with van der Waals surface area (Å²) in [6, 6.07) is 0. The van der Waals surface area contributed by atoms with Crippen LogP contribution in [0.15, 0.2) is 0 Å². The van der Waals surface area contributed by atoms with Gasteiger partial charge in [-0.3, -0.25) is 0 Å². The molecule has 4 aliphatic heterocycles. The predicted octanol–water partition coefficient (Wildman–Crippen LogP) is 3.43. The van der Waals surface area contributed by atoms with Crippen molar-refractivity contribution in [2.45, 2.75) is 69.7 Å². The lowest BCUT2D eigenvalue weighted by Crippen LogP contribution is -2.69. The molecule has 0 aromatic heterocycles. The molecule has 0 radical (unpaired) electrons. The van der Waals surface area contributed by atoms with Crippen LogP contribution in [0.2, 0.25) is 0 Å². The molecule has 4 heterocycles. The minimum Gasteiger partial charge on any atom is -0.330 e. The molecule has 3 unspecified atom stereocenters. The van der Waals surface area contributed by atoms with Gasteiger partial charge in [0.05, 0.1) is 0 Å². The van der Waals surface area contributed by atoms with E-state index in [-0.39, 0.29) is 11.5 Å². The van der Waals surface area contributed by atoms with Gasteiger partial charge in [-0.15, -0.1) is 0 Å². The van der Waals surface area contributed by atoms with E-state index in [2.05, 4.69) is 13.8 Å². The zero-order chi connectivity index (χ0) is 14.1. The molecular formula is C15H23ClO4. The summed E-state index contributed by atoms with van der Waals surface area (Å²) < 4.78 is 12.1. The summed E-state index contributed by atoms with van der Waals surface area (Å²) in [5.74, 6) is 0.908. The Hall–Kier alpha value is 0.130. The molecule has 0 N–H and O–H groups in total. The van der Waals surface area contributed by atoms with Gasteiger partial charge in [0.15, 0.2) is 11.9 Å². The highest BCUT2D eigenvalue weighted by Crippen LogP contribution is 2.60. The molecule has 1 saturated carbocycles. The van der Waals surface area contributed by atoms with E-state index in [9.17, 15) is 0 Å². The highest BCUT2D eigenvalue weighted by Gasteiger charge is 2.69. The molecule has 4 nitrogen and oxygen atoms in total. The van der Waals surface area contributed by atoms with Crippen LogP contribution in [0.3, 0.4) is 0 Å². The van der Waals surface area contributed by atoms with E-state index in [1.54, 1.807) is 0 Å². The van der Waals surface area contributed by atoms with Gasteiger partial charge in [0.1, 0.15) is 5.56 Å². The third-order valence-corrected chi connectivity index (χ3v) is 6.58. The van der Waals surface area contributed by atoms with E-state index in [1.165, 1.54) is 6.42 Å². The van der Waals surface area contributed by atoms with E-state index in [1.807, 2.05) is 6.92 Å². The van der Waals surface area contributed by atoms with Crippen molar-refractivity contribution in [2.24, 2.45) is 23.7 Å². The first kappa shape index (κ1) is 13.8. The van der Waals surface area contributed by atoms with Gasteiger partial charge < -0.3 is 9.47 Å². The Bertz CT molecular complexity index is 415. The summed E-state index contributed by atoms with van der Waals surface area (Å²) in [4.78, 5) is 11.7. The van der Waals surface area contributed by atoms with Crippen molar-refractivity contribution in [3.8, 4) is 0 Å². The predicted molar refractivity (Wildman–Crippen MR) is 72.7 cm³/mol. The topological polar surface area (TPSA) is 36.9 Å². The van der Waals surface area contributed by atoms with Crippen LogP contribution in [0.1, 0.15) is 46.5 Å². The van der Waals surface area contributed by atoms with Gasteiger partial charge in [-0.05, 0) is 38.0 Å². The van der Waals surface area contributed by atoms with Crippen molar-refractivity contribution in [3.05, 3.63) is 0 Å². The van der Waals surface area contributed by atoms with Crippen molar-refractivity contribution >= 4 is 11.6 Å². The van der Waals surface area contributed by atoms with Gasteiger partial charge in [0, 0.05) is 18.3 Å². The second-order valence-electron chi connectivity index (χ2n) is 7.26. The van der Waals surface area contributed by atoms with Crippen LogP contribution in [-0.2, 0) is 19.2 Å². The zero-order valence-corrected chi connectivity index (χ0v) is 13.1. The Morgan fingerprint density at radius 3 is 2.65 bits per heavy atom. The number of ether oxygens (including phenoxy) is 2. The van der Waals surface area contributed by atoms with Crippen LogP contribution in [-0.4, -0.2) is 23.2 Å². The Morgan fingerprint density at radius 1 is 1.05 bits per heavy atom. The molecule has 20 heavy (non-hydrogen) atoms. The fraction of sp³-hybridized carbons (Fsp3) is 1.00. The lowest BCUT2D eigenvalue weighted by atomic mass is 9.58. The molecule has 1 spiro atoms. The first-order valence-corrected chi connectivity index (χ1v) is 8.24. The summed E-state index contributed by atoms with van der Waals surface area (Å²) >= 11 is 6.40. The Labute approximate surface area is 125 Å². The van der Waals surface area contributed by atoms with Crippen LogP contribution in [0.5, 0.6) is 0 Å². The van der Waals surface area contributed by atoms with Crippen molar-refractivity contribution in [1.29, 1.82) is 0 Å². The second-order valence-corrected chi connectivity index (χ2v) is 7.69. The molecule has 5 heteroatoms. The first-order chi connectivity index (χ1) is 9.46. The maximum Gasteiger partial charge on any atom is 0.201 e. The highest BCUT2D eigenvalue weighted by molar-refractivity contribution is 6.19. The molecule has 1 aliphatic carbocycles. The minimum atomic E-state index is -0.700. The Balaban J connectivity index is 1.82. The maximum absolute atomic E-state index is 6.40. The van der Waals surface area contributed by atoms with E-state index in [4.69, 9.17) is 30.8 Å². The van der Waals surface area contributed by atoms with Gasteiger partial charge in [-0.1, -0.05) is 25.4 Å². The van der Waals surface area contributed by atoms with Gasteiger partial charge in [0.25, 0.3) is 0 Å². The summed E-state index contributed by atoms with van der Waals surface area (Å²) in [6.07, 6.45) is 3.83. The van der Waals surface area contributed by atoms with Crippen molar-refractivity contribution in [2.75, 3.05) is 0 Å². The van der Waals surface area contributed by atoms with Crippen molar-refractivity contribution in [3.63, 3.8) is 0 Å². The number of fused-ring (bicyclic) bond motifs is 2. The zero-order valence-electron chi connectivity index (χ0n) is 12.3. The van der Waals surface area contributed by atoms with E-state index in [0.29, 0.717) is 17.8 Å².